The minimum absolute atomic E-state index is 0.201. The molecule has 7 nitrogen and oxygen atoms in total. The van der Waals surface area contributed by atoms with Crippen LogP contribution in [0.25, 0.3) is 16.3 Å². The fraction of sp³-hybridized carbons (Fsp3) is 0.471. The van der Waals surface area contributed by atoms with E-state index in [1.807, 2.05) is 36.6 Å². The van der Waals surface area contributed by atoms with Crippen molar-refractivity contribution in [1.82, 2.24) is 0 Å². The molecule has 142 valence electrons. The van der Waals surface area contributed by atoms with Crippen LogP contribution in [0.1, 0.15) is 31.7 Å². The van der Waals surface area contributed by atoms with Gasteiger partial charge < -0.3 is 14.2 Å². The molecule has 0 saturated heterocycles. The molecule has 0 aliphatic carbocycles. The van der Waals surface area contributed by atoms with Crippen LogP contribution in [-0.2, 0) is 21.4 Å². The fourth-order valence-corrected chi connectivity index (χ4v) is 4.45. The van der Waals surface area contributed by atoms with Gasteiger partial charge in [-0.1, -0.05) is 18.3 Å². The standard InChI is InChI=1S/C17H21NO6S2/c1-3-12(22-4-2)8-17-18(6-5-7-26(19,20)21)13-9-14-15(24-11-23-14)10-16(13)25-17/h8-10H,3-7,11H2,1-2H3/p+1/b12-8+. The summed E-state index contributed by atoms with van der Waals surface area (Å²) in [4.78, 5) is 0. The maximum Gasteiger partial charge on any atom is 0.266 e. The van der Waals surface area contributed by atoms with Crippen LogP contribution in [0.3, 0.4) is 0 Å². The number of ether oxygens (including phenoxy) is 3. The lowest BCUT2D eigenvalue weighted by Crippen LogP contribution is -2.36. The Bertz CT molecular complexity index is 932. The highest BCUT2D eigenvalue weighted by Gasteiger charge is 2.25. The van der Waals surface area contributed by atoms with E-state index in [9.17, 15) is 8.42 Å². The average molecular weight is 400 g/mol. The van der Waals surface area contributed by atoms with Gasteiger partial charge in [-0.3, -0.25) is 4.55 Å². The predicted molar refractivity (Wildman–Crippen MR) is 99.1 cm³/mol. The second-order valence-corrected chi connectivity index (χ2v) is 8.44. The van der Waals surface area contributed by atoms with Crippen molar-refractivity contribution in [2.75, 3.05) is 19.2 Å². The minimum atomic E-state index is -3.98. The zero-order valence-corrected chi connectivity index (χ0v) is 16.4. The summed E-state index contributed by atoms with van der Waals surface area (Å²) in [7, 11) is -3.98. The van der Waals surface area contributed by atoms with Gasteiger partial charge in [-0.2, -0.15) is 13.0 Å². The van der Waals surface area contributed by atoms with Crippen molar-refractivity contribution in [1.29, 1.82) is 0 Å². The van der Waals surface area contributed by atoms with E-state index >= 15 is 0 Å². The minimum Gasteiger partial charge on any atom is -0.498 e. The van der Waals surface area contributed by atoms with Crippen molar-refractivity contribution in [2.24, 2.45) is 0 Å². The molecule has 1 N–H and O–H groups in total. The Morgan fingerprint density at radius 2 is 2.08 bits per heavy atom. The molecule has 1 aromatic heterocycles. The Balaban J connectivity index is 2.02. The molecule has 1 aromatic carbocycles. The zero-order valence-electron chi connectivity index (χ0n) is 14.7. The number of nitrogens with zero attached hydrogens (tertiary/aromatic N) is 1. The molecule has 0 fully saturated rings. The van der Waals surface area contributed by atoms with E-state index in [4.69, 9.17) is 18.8 Å². The summed E-state index contributed by atoms with van der Waals surface area (Å²) >= 11 is 1.58. The number of hydrogen-bond donors (Lipinski definition) is 1. The van der Waals surface area contributed by atoms with Gasteiger partial charge in [-0.05, 0) is 6.92 Å². The Hall–Kier alpha value is -1.84. The first kappa shape index (κ1) is 18.9. The molecule has 26 heavy (non-hydrogen) atoms. The van der Waals surface area contributed by atoms with E-state index in [1.165, 1.54) is 0 Å². The Labute approximate surface area is 156 Å². The molecular weight excluding hydrogens is 378 g/mol. The van der Waals surface area contributed by atoms with Crippen LogP contribution < -0.4 is 14.0 Å². The monoisotopic (exact) mass is 400 g/mol. The van der Waals surface area contributed by atoms with E-state index in [1.54, 1.807) is 11.3 Å². The number of fused-ring (bicyclic) bond motifs is 2. The highest BCUT2D eigenvalue weighted by molar-refractivity contribution is 7.85. The lowest BCUT2D eigenvalue weighted by molar-refractivity contribution is -0.668. The number of thiazole rings is 1. The van der Waals surface area contributed by atoms with Crippen molar-refractivity contribution in [3.8, 4) is 11.5 Å². The molecule has 1 aliphatic heterocycles. The van der Waals surface area contributed by atoms with Gasteiger partial charge in [0.15, 0.2) is 18.0 Å². The summed E-state index contributed by atoms with van der Waals surface area (Å²) in [5.74, 6) is 1.97. The topological polar surface area (TPSA) is 85.9 Å². The molecule has 0 bridgehead atoms. The molecule has 2 aromatic rings. The predicted octanol–water partition coefficient (Wildman–Crippen LogP) is 2.98. The molecule has 9 heteroatoms. The SMILES string of the molecule is CCO/C(=C/c1sc2cc3c(cc2[n+]1CCCS(=O)(=O)O)OCO3)CC. The van der Waals surface area contributed by atoms with Gasteiger partial charge in [0, 0.05) is 18.9 Å². The maximum absolute atomic E-state index is 11.1. The first-order chi connectivity index (χ1) is 12.4. The molecule has 0 radical (unpaired) electrons. The Morgan fingerprint density at radius 1 is 1.35 bits per heavy atom. The average Bonchev–Trinajstić information content (AvgIpc) is 3.15. The van der Waals surface area contributed by atoms with Gasteiger partial charge in [0.2, 0.25) is 12.3 Å². The van der Waals surface area contributed by atoms with Crippen LogP contribution in [-0.4, -0.2) is 32.1 Å². The van der Waals surface area contributed by atoms with Gasteiger partial charge in [0.1, 0.15) is 10.5 Å². The first-order valence-corrected chi connectivity index (χ1v) is 10.9. The van der Waals surface area contributed by atoms with E-state index in [2.05, 4.69) is 0 Å². The third-order valence-corrected chi connectivity index (χ3v) is 5.87. The summed E-state index contributed by atoms with van der Waals surface area (Å²) in [5.41, 5.74) is 0.938. The third-order valence-electron chi connectivity index (χ3n) is 3.97. The second-order valence-electron chi connectivity index (χ2n) is 5.80. The highest BCUT2D eigenvalue weighted by Crippen LogP contribution is 2.37. The molecule has 3 rings (SSSR count). The van der Waals surface area contributed by atoms with Crippen LogP contribution in [0.4, 0.5) is 0 Å². The van der Waals surface area contributed by atoms with E-state index in [0.717, 1.165) is 27.4 Å². The van der Waals surface area contributed by atoms with Crippen LogP contribution in [0.2, 0.25) is 0 Å². The lowest BCUT2D eigenvalue weighted by atomic mass is 10.3. The molecular formula is C17H22NO6S2+. The lowest BCUT2D eigenvalue weighted by Gasteiger charge is -2.04. The van der Waals surface area contributed by atoms with Crippen LogP contribution in [0.15, 0.2) is 17.9 Å². The van der Waals surface area contributed by atoms with Crippen molar-refractivity contribution in [2.45, 2.75) is 33.2 Å². The third kappa shape index (κ3) is 4.28. The molecule has 0 unspecified atom stereocenters. The van der Waals surface area contributed by atoms with Crippen LogP contribution in [0, 0.1) is 0 Å². The number of allylic oxidation sites excluding steroid dienone is 1. The smallest absolute Gasteiger partial charge is 0.266 e. The molecule has 1 aliphatic rings. The van der Waals surface area contributed by atoms with E-state index in [0.29, 0.717) is 31.1 Å². The molecule has 0 amide bonds. The summed E-state index contributed by atoms with van der Waals surface area (Å²) < 4.78 is 50.7. The van der Waals surface area contributed by atoms with Gasteiger partial charge in [0.25, 0.3) is 15.1 Å². The van der Waals surface area contributed by atoms with Gasteiger partial charge in [-0.15, -0.1) is 0 Å². The first-order valence-electron chi connectivity index (χ1n) is 8.45. The Kier molecular flexibility index (Phi) is 5.69. The van der Waals surface area contributed by atoms with Gasteiger partial charge >= 0.3 is 0 Å². The maximum atomic E-state index is 11.1. The van der Waals surface area contributed by atoms with Crippen molar-refractivity contribution < 1.29 is 31.7 Å². The van der Waals surface area contributed by atoms with Gasteiger partial charge in [0.05, 0.1) is 24.5 Å². The molecule has 0 spiro atoms. The van der Waals surface area contributed by atoms with E-state index in [-0.39, 0.29) is 12.5 Å². The summed E-state index contributed by atoms with van der Waals surface area (Å²) in [5, 5.41) is 0.948. The number of aromatic nitrogens is 1. The highest BCUT2D eigenvalue weighted by atomic mass is 32.2. The van der Waals surface area contributed by atoms with Gasteiger partial charge in [-0.25, -0.2) is 0 Å². The quantitative estimate of drug-likeness (QED) is 0.416. The fourth-order valence-electron chi connectivity index (χ4n) is 2.80. The normalized spacial score (nSPS) is 14.2. The zero-order chi connectivity index (χ0) is 18.7. The van der Waals surface area contributed by atoms with Crippen molar-refractivity contribution in [3.63, 3.8) is 0 Å². The number of rotatable bonds is 8. The molecule has 0 saturated carbocycles. The molecule has 0 atom stereocenters. The summed E-state index contributed by atoms with van der Waals surface area (Å²) in [6, 6.07) is 3.84. The number of hydrogen-bond acceptors (Lipinski definition) is 6. The second kappa shape index (κ2) is 7.81. The largest absolute Gasteiger partial charge is 0.498 e. The van der Waals surface area contributed by atoms with Crippen molar-refractivity contribution >= 4 is 37.7 Å². The summed E-state index contributed by atoms with van der Waals surface area (Å²) in [6.07, 6.45) is 3.05. The number of benzene rings is 1. The number of aryl methyl sites for hydroxylation is 1. The summed E-state index contributed by atoms with van der Waals surface area (Å²) in [6.45, 7) is 5.20. The van der Waals surface area contributed by atoms with Crippen LogP contribution >= 0.6 is 11.3 Å². The van der Waals surface area contributed by atoms with E-state index < -0.39 is 10.1 Å². The molecule has 2 heterocycles. The van der Waals surface area contributed by atoms with Crippen molar-refractivity contribution in [3.05, 3.63) is 22.9 Å². The Morgan fingerprint density at radius 3 is 2.73 bits per heavy atom. The van der Waals surface area contributed by atoms with Crippen LogP contribution in [0.5, 0.6) is 11.5 Å².